The van der Waals surface area contributed by atoms with Crippen LogP contribution in [0.4, 0.5) is 0 Å². The van der Waals surface area contributed by atoms with E-state index >= 15 is 0 Å². The van der Waals surface area contributed by atoms with Crippen LogP contribution in [0.2, 0.25) is 0 Å². The number of hydrogen-bond donors (Lipinski definition) is 0. The summed E-state index contributed by atoms with van der Waals surface area (Å²) >= 11 is 0. The van der Waals surface area contributed by atoms with Gasteiger partial charge in [0.2, 0.25) is 0 Å². The van der Waals surface area contributed by atoms with Crippen molar-refractivity contribution in [2.45, 2.75) is 31.6 Å². The zero-order valence-electron chi connectivity index (χ0n) is 30.8. The van der Waals surface area contributed by atoms with E-state index in [0.29, 0.717) is 52.7 Å². The highest BCUT2D eigenvalue weighted by Gasteiger charge is 2.60. The summed E-state index contributed by atoms with van der Waals surface area (Å²) in [5, 5.41) is 0. The normalized spacial score (nSPS) is 23.6. The molecule has 0 N–H and O–H groups in total. The van der Waals surface area contributed by atoms with Gasteiger partial charge in [0.1, 0.15) is 0 Å². The van der Waals surface area contributed by atoms with Gasteiger partial charge < -0.3 is 0 Å². The van der Waals surface area contributed by atoms with Crippen LogP contribution in [0.1, 0.15) is 42.7 Å². The van der Waals surface area contributed by atoms with E-state index in [1.165, 1.54) is 30.4 Å². The lowest BCUT2D eigenvalue weighted by Gasteiger charge is -2.65. The molecule has 5 aliphatic carbocycles. The lowest BCUT2D eigenvalue weighted by atomic mass is 9.39. The topological polar surface area (TPSA) is 77.3 Å². The molecule has 6 atom stereocenters. The first-order chi connectivity index (χ1) is 27.7. The molecular formula is C50H38N6. The molecule has 268 valence electrons. The molecule has 0 radical (unpaired) electrons. The Labute approximate surface area is 326 Å². The molecule has 5 aromatic carbocycles. The van der Waals surface area contributed by atoms with Crippen molar-refractivity contribution in [3.05, 3.63) is 162 Å². The minimum absolute atomic E-state index is 0.401. The number of hydrogen-bond acceptors (Lipinski definition) is 6. The number of fused-ring (bicyclic) bond motifs is 2. The second kappa shape index (κ2) is 12.6. The SMILES string of the molecule is C1=CC2CC1CC2c1cc(-c2nc(-c3ccccc3)nc(-c3ccccc3)n2)cc(-c2nc(-c3ccccc3)nc(-c3cccc(C4=C5CC6CC4C56)c3)n2)c1. The van der Waals surface area contributed by atoms with Crippen LogP contribution in [0, 0.1) is 29.6 Å². The number of rotatable bonds is 8. The summed E-state index contributed by atoms with van der Waals surface area (Å²) in [4.78, 5) is 30.9. The van der Waals surface area contributed by atoms with Crippen molar-refractivity contribution < 1.29 is 0 Å². The van der Waals surface area contributed by atoms with Crippen LogP contribution < -0.4 is 0 Å². The Morgan fingerprint density at radius 2 is 0.875 bits per heavy atom. The lowest BCUT2D eigenvalue weighted by molar-refractivity contribution is 0.0437. The van der Waals surface area contributed by atoms with E-state index in [0.717, 1.165) is 57.6 Å². The van der Waals surface area contributed by atoms with Crippen molar-refractivity contribution in [3.8, 4) is 68.3 Å². The van der Waals surface area contributed by atoms with Gasteiger partial charge in [0.15, 0.2) is 34.9 Å². The first-order valence-corrected chi connectivity index (χ1v) is 20.0. The average Bonchev–Trinajstić information content (AvgIpc) is 3.92. The van der Waals surface area contributed by atoms with Crippen LogP contribution in [0.15, 0.2) is 151 Å². The molecule has 12 rings (SSSR count). The zero-order valence-corrected chi connectivity index (χ0v) is 30.8. The average molecular weight is 723 g/mol. The zero-order chi connectivity index (χ0) is 36.7. The van der Waals surface area contributed by atoms with Gasteiger partial charge in [-0.2, -0.15) is 0 Å². The second-order valence-electron chi connectivity index (χ2n) is 16.3. The van der Waals surface area contributed by atoms with E-state index in [1.807, 2.05) is 54.6 Å². The smallest absolute Gasteiger partial charge is 0.164 e. The lowest BCUT2D eigenvalue weighted by Crippen LogP contribution is -2.54. The Morgan fingerprint density at radius 3 is 1.32 bits per heavy atom. The van der Waals surface area contributed by atoms with Gasteiger partial charge in [-0.25, -0.2) is 29.9 Å². The predicted octanol–water partition coefficient (Wildman–Crippen LogP) is 11.2. The summed E-state index contributed by atoms with van der Waals surface area (Å²) in [5.41, 5.74) is 11.6. The highest BCUT2D eigenvalue weighted by atomic mass is 15.0. The first kappa shape index (κ1) is 31.9. The maximum absolute atomic E-state index is 5.30. The Bertz CT molecular complexity index is 2680. The molecular weight excluding hydrogens is 685 g/mol. The highest BCUT2D eigenvalue weighted by Crippen LogP contribution is 2.71. The molecule has 0 spiro atoms. The van der Waals surface area contributed by atoms with Crippen molar-refractivity contribution >= 4 is 5.57 Å². The van der Waals surface area contributed by atoms with E-state index in [1.54, 1.807) is 11.1 Å². The van der Waals surface area contributed by atoms with Gasteiger partial charge in [0, 0.05) is 33.4 Å². The Hall–Kier alpha value is -6.40. The molecule has 2 heterocycles. The van der Waals surface area contributed by atoms with E-state index in [-0.39, 0.29) is 0 Å². The van der Waals surface area contributed by atoms with Crippen LogP contribution in [0.5, 0.6) is 0 Å². The molecule has 6 unspecified atom stereocenters. The molecule has 5 aliphatic rings. The second-order valence-corrected chi connectivity index (χ2v) is 16.3. The van der Waals surface area contributed by atoms with Crippen LogP contribution in [0.25, 0.3) is 73.9 Å². The fourth-order valence-corrected chi connectivity index (χ4v) is 10.3. The Morgan fingerprint density at radius 1 is 0.393 bits per heavy atom. The molecule has 2 aromatic heterocycles. The Balaban J connectivity index is 1.04. The van der Waals surface area contributed by atoms with Crippen molar-refractivity contribution in [2.24, 2.45) is 29.6 Å². The van der Waals surface area contributed by atoms with Gasteiger partial charge in [-0.05, 0) is 102 Å². The third kappa shape index (κ3) is 5.23. The van der Waals surface area contributed by atoms with Crippen LogP contribution in [-0.2, 0) is 0 Å². The van der Waals surface area contributed by atoms with Crippen molar-refractivity contribution in [1.29, 1.82) is 0 Å². The van der Waals surface area contributed by atoms with Gasteiger partial charge in [-0.1, -0.05) is 127 Å². The molecule has 56 heavy (non-hydrogen) atoms. The van der Waals surface area contributed by atoms with Crippen molar-refractivity contribution in [1.82, 2.24) is 29.9 Å². The third-order valence-electron chi connectivity index (χ3n) is 13.1. The van der Waals surface area contributed by atoms with Crippen LogP contribution in [-0.4, -0.2) is 29.9 Å². The number of allylic oxidation sites excluding steroid dienone is 4. The third-order valence-corrected chi connectivity index (χ3v) is 13.1. The maximum Gasteiger partial charge on any atom is 0.164 e. The van der Waals surface area contributed by atoms with Gasteiger partial charge in [0.05, 0.1) is 0 Å². The molecule has 2 bridgehead atoms. The van der Waals surface area contributed by atoms with E-state index in [9.17, 15) is 0 Å². The largest absolute Gasteiger partial charge is 0.208 e. The molecule has 3 saturated carbocycles. The predicted molar refractivity (Wildman–Crippen MR) is 221 cm³/mol. The van der Waals surface area contributed by atoms with Gasteiger partial charge in [0.25, 0.3) is 0 Å². The molecule has 6 nitrogen and oxygen atoms in total. The monoisotopic (exact) mass is 722 g/mol. The van der Waals surface area contributed by atoms with E-state index in [2.05, 4.69) is 91.0 Å². The fraction of sp³-hybridized carbons (Fsp3) is 0.200. The minimum atomic E-state index is 0.401. The molecule has 6 heteroatoms. The number of nitrogens with zero attached hydrogens (tertiary/aromatic N) is 6. The fourth-order valence-electron chi connectivity index (χ4n) is 10.3. The van der Waals surface area contributed by atoms with Gasteiger partial charge in [-0.15, -0.1) is 0 Å². The molecule has 0 aliphatic heterocycles. The van der Waals surface area contributed by atoms with Crippen molar-refractivity contribution in [2.75, 3.05) is 0 Å². The summed E-state index contributed by atoms with van der Waals surface area (Å²) in [7, 11) is 0. The highest BCUT2D eigenvalue weighted by molar-refractivity contribution is 5.83. The molecule has 0 saturated heterocycles. The molecule has 3 fully saturated rings. The van der Waals surface area contributed by atoms with Gasteiger partial charge >= 0.3 is 0 Å². The standard InChI is InChI=1S/C50H38N6/c1-4-11-30(12-5-1)45-51-46(31-13-6-2-7-14-31)54-49(53-45)38-24-36(40-22-29-19-20-33(40)21-29)25-39(26-38)50-55-47(32-15-8-3-9-16-32)52-48(56-50)35-18-10-17-34(23-35)43-41-27-37-28-42(43)44(37)41/h1-20,23-26,29,33,37,40-41,44H,21-22,27-28H2. The minimum Gasteiger partial charge on any atom is -0.208 e. The summed E-state index contributed by atoms with van der Waals surface area (Å²) in [6.45, 7) is 0. The van der Waals surface area contributed by atoms with Crippen molar-refractivity contribution in [3.63, 3.8) is 0 Å². The molecule has 7 aromatic rings. The summed E-state index contributed by atoms with van der Waals surface area (Å²) in [6, 6.07) is 46.3. The quantitative estimate of drug-likeness (QED) is 0.145. The van der Waals surface area contributed by atoms with Crippen LogP contribution >= 0.6 is 0 Å². The maximum atomic E-state index is 5.30. The van der Waals surface area contributed by atoms with Crippen LogP contribution in [0.3, 0.4) is 0 Å². The summed E-state index contributed by atoms with van der Waals surface area (Å²) in [5.74, 6) is 8.01. The Kier molecular flexibility index (Phi) is 7.16. The van der Waals surface area contributed by atoms with E-state index < -0.39 is 0 Å². The molecule has 0 amide bonds. The number of aromatic nitrogens is 6. The first-order valence-electron chi connectivity index (χ1n) is 20.0. The van der Waals surface area contributed by atoms with Gasteiger partial charge in [-0.3, -0.25) is 0 Å². The van der Waals surface area contributed by atoms with E-state index in [4.69, 9.17) is 29.9 Å². The summed E-state index contributed by atoms with van der Waals surface area (Å²) in [6.07, 6.45) is 9.80. The number of benzene rings is 5. The summed E-state index contributed by atoms with van der Waals surface area (Å²) < 4.78 is 0.